The lowest BCUT2D eigenvalue weighted by molar-refractivity contribution is 0.0683. The van der Waals surface area contributed by atoms with E-state index in [2.05, 4.69) is 51.9 Å². The molecule has 0 spiro atoms. The van der Waals surface area contributed by atoms with Crippen LogP contribution in [0.2, 0.25) is 0 Å². The molecule has 0 fully saturated rings. The zero-order chi connectivity index (χ0) is 12.8. The van der Waals surface area contributed by atoms with Gasteiger partial charge in [0.25, 0.3) is 0 Å². The van der Waals surface area contributed by atoms with E-state index >= 15 is 0 Å². The fourth-order valence-corrected chi connectivity index (χ4v) is 1.44. The first-order valence-corrected chi connectivity index (χ1v) is 6.39. The highest BCUT2D eigenvalue weighted by Crippen LogP contribution is 2.16. The van der Waals surface area contributed by atoms with Gasteiger partial charge in [0, 0.05) is 18.6 Å². The molecule has 0 rings (SSSR count). The number of aliphatic hydroxyl groups is 1. The van der Waals surface area contributed by atoms with Crippen molar-refractivity contribution in [2.45, 2.75) is 52.7 Å². The van der Waals surface area contributed by atoms with Crippen LogP contribution in [-0.4, -0.2) is 48.3 Å². The van der Waals surface area contributed by atoms with E-state index in [0.717, 1.165) is 19.5 Å². The molecule has 0 aliphatic carbocycles. The summed E-state index contributed by atoms with van der Waals surface area (Å²) in [6.07, 6.45) is 0.810. The second kappa shape index (κ2) is 7.25. The fourth-order valence-electron chi connectivity index (χ4n) is 1.44. The average molecular weight is 230 g/mol. The molecule has 0 aliphatic rings. The van der Waals surface area contributed by atoms with Crippen molar-refractivity contribution in [1.29, 1.82) is 0 Å². The zero-order valence-corrected chi connectivity index (χ0v) is 11.9. The number of β-amino-alcohol motifs (C(OH)–C–C–N with tert-alkyl or cyclic N) is 1. The van der Waals surface area contributed by atoms with Gasteiger partial charge in [0.2, 0.25) is 0 Å². The molecule has 0 saturated carbocycles. The van der Waals surface area contributed by atoms with E-state index in [1.807, 2.05) is 0 Å². The van der Waals surface area contributed by atoms with Crippen molar-refractivity contribution < 1.29 is 5.11 Å². The summed E-state index contributed by atoms with van der Waals surface area (Å²) in [6.45, 7) is 13.3. The Labute approximate surface area is 101 Å². The van der Waals surface area contributed by atoms with Gasteiger partial charge in [-0.1, -0.05) is 20.8 Å². The molecule has 0 saturated heterocycles. The van der Waals surface area contributed by atoms with E-state index in [-0.39, 0.29) is 11.6 Å². The Kier molecular flexibility index (Phi) is 7.20. The van der Waals surface area contributed by atoms with Crippen LogP contribution in [0.3, 0.4) is 0 Å². The van der Waals surface area contributed by atoms with Crippen molar-refractivity contribution in [3.63, 3.8) is 0 Å². The van der Waals surface area contributed by atoms with Crippen LogP contribution in [0.5, 0.6) is 0 Å². The topological polar surface area (TPSA) is 35.5 Å². The molecular formula is C13H30N2O. The lowest BCUT2D eigenvalue weighted by atomic mass is 9.99. The van der Waals surface area contributed by atoms with Crippen molar-refractivity contribution in [3.05, 3.63) is 0 Å². The molecule has 98 valence electrons. The van der Waals surface area contributed by atoms with Gasteiger partial charge in [-0.2, -0.15) is 0 Å². The van der Waals surface area contributed by atoms with E-state index in [0.29, 0.717) is 12.5 Å². The van der Waals surface area contributed by atoms with Gasteiger partial charge in [0.1, 0.15) is 0 Å². The van der Waals surface area contributed by atoms with E-state index in [9.17, 15) is 5.11 Å². The van der Waals surface area contributed by atoms with Crippen molar-refractivity contribution in [2.24, 2.45) is 5.92 Å². The van der Waals surface area contributed by atoms with Crippen LogP contribution in [0.25, 0.3) is 0 Å². The van der Waals surface area contributed by atoms with Crippen molar-refractivity contribution in [1.82, 2.24) is 10.2 Å². The van der Waals surface area contributed by atoms with Crippen LogP contribution in [0, 0.1) is 5.92 Å². The van der Waals surface area contributed by atoms with Gasteiger partial charge < -0.3 is 10.4 Å². The highest BCUT2D eigenvalue weighted by atomic mass is 16.3. The van der Waals surface area contributed by atoms with E-state index in [4.69, 9.17) is 0 Å². The van der Waals surface area contributed by atoms with Gasteiger partial charge in [-0.3, -0.25) is 4.90 Å². The molecule has 1 unspecified atom stereocenters. The molecule has 0 aromatic heterocycles. The Morgan fingerprint density at radius 1 is 1.25 bits per heavy atom. The highest BCUT2D eigenvalue weighted by molar-refractivity contribution is 4.79. The number of likely N-dealkylation sites (N-methyl/N-ethyl adjacent to an activating group) is 1. The monoisotopic (exact) mass is 230 g/mol. The third kappa shape index (κ3) is 6.46. The quantitative estimate of drug-likeness (QED) is 0.666. The van der Waals surface area contributed by atoms with Gasteiger partial charge >= 0.3 is 0 Å². The number of rotatable bonds is 8. The largest absolute Gasteiger partial charge is 0.390 e. The molecule has 16 heavy (non-hydrogen) atoms. The summed E-state index contributed by atoms with van der Waals surface area (Å²) in [7, 11) is 2.08. The first-order valence-electron chi connectivity index (χ1n) is 6.39. The Balaban J connectivity index is 3.82. The molecule has 1 atom stereocenters. The first-order chi connectivity index (χ1) is 7.29. The maximum atomic E-state index is 9.89. The Morgan fingerprint density at radius 2 is 1.81 bits per heavy atom. The van der Waals surface area contributed by atoms with Gasteiger partial charge in [0.05, 0.1) is 6.10 Å². The summed E-state index contributed by atoms with van der Waals surface area (Å²) in [5.41, 5.74) is 0.166. The molecule has 0 amide bonds. The third-order valence-corrected chi connectivity index (χ3v) is 3.32. The highest BCUT2D eigenvalue weighted by Gasteiger charge is 2.22. The standard InChI is InChI=1S/C13H30N2O/c1-7-13(4,5)15(6)10-12(16)9-14-8-11(2)3/h11-12,14,16H,7-10H2,1-6H3. The lowest BCUT2D eigenvalue weighted by Gasteiger charge is -2.36. The SMILES string of the molecule is CCC(C)(C)N(C)CC(O)CNCC(C)C. The first kappa shape index (κ1) is 15.9. The number of hydrogen-bond donors (Lipinski definition) is 2. The summed E-state index contributed by atoms with van der Waals surface area (Å²) in [5.74, 6) is 0.636. The van der Waals surface area contributed by atoms with Crippen molar-refractivity contribution in [2.75, 3.05) is 26.7 Å². The van der Waals surface area contributed by atoms with Crippen molar-refractivity contribution >= 4 is 0 Å². The molecule has 0 aliphatic heterocycles. The summed E-state index contributed by atoms with van der Waals surface area (Å²) in [5, 5.41) is 13.2. The van der Waals surface area contributed by atoms with Gasteiger partial charge in [-0.05, 0) is 39.8 Å². The molecular weight excluding hydrogens is 200 g/mol. The summed E-state index contributed by atoms with van der Waals surface area (Å²) in [6, 6.07) is 0. The van der Waals surface area contributed by atoms with Gasteiger partial charge in [0.15, 0.2) is 0 Å². The number of aliphatic hydroxyl groups excluding tert-OH is 1. The molecule has 3 heteroatoms. The summed E-state index contributed by atoms with van der Waals surface area (Å²) in [4.78, 5) is 2.23. The Hall–Kier alpha value is -0.120. The van der Waals surface area contributed by atoms with Crippen LogP contribution in [0.15, 0.2) is 0 Å². The molecule has 0 radical (unpaired) electrons. The number of nitrogens with one attached hydrogen (secondary N) is 1. The average Bonchev–Trinajstić information content (AvgIpc) is 2.16. The van der Waals surface area contributed by atoms with Crippen LogP contribution >= 0.6 is 0 Å². The fraction of sp³-hybridized carbons (Fsp3) is 1.00. The predicted octanol–water partition coefficient (Wildman–Crippen LogP) is 1.71. The minimum Gasteiger partial charge on any atom is -0.390 e. The molecule has 0 heterocycles. The number of nitrogens with zero attached hydrogens (tertiary/aromatic N) is 1. The van der Waals surface area contributed by atoms with Crippen LogP contribution < -0.4 is 5.32 Å². The second-order valence-electron chi connectivity index (χ2n) is 5.75. The summed E-state index contributed by atoms with van der Waals surface area (Å²) >= 11 is 0. The molecule has 3 nitrogen and oxygen atoms in total. The minimum atomic E-state index is -0.283. The Morgan fingerprint density at radius 3 is 2.25 bits per heavy atom. The van der Waals surface area contributed by atoms with E-state index < -0.39 is 0 Å². The van der Waals surface area contributed by atoms with Crippen LogP contribution in [0.1, 0.15) is 41.0 Å². The Bertz CT molecular complexity index is 181. The third-order valence-electron chi connectivity index (χ3n) is 3.32. The zero-order valence-electron chi connectivity index (χ0n) is 11.9. The normalized spacial score (nSPS) is 14.8. The number of hydrogen-bond acceptors (Lipinski definition) is 3. The summed E-state index contributed by atoms with van der Waals surface area (Å²) < 4.78 is 0. The van der Waals surface area contributed by atoms with Gasteiger partial charge in [-0.25, -0.2) is 0 Å². The minimum absolute atomic E-state index is 0.166. The van der Waals surface area contributed by atoms with Crippen LogP contribution in [-0.2, 0) is 0 Å². The predicted molar refractivity (Wildman–Crippen MR) is 70.7 cm³/mol. The van der Waals surface area contributed by atoms with Gasteiger partial charge in [-0.15, -0.1) is 0 Å². The van der Waals surface area contributed by atoms with Crippen LogP contribution in [0.4, 0.5) is 0 Å². The lowest BCUT2D eigenvalue weighted by Crippen LogP contribution is -2.46. The van der Waals surface area contributed by atoms with Crippen molar-refractivity contribution in [3.8, 4) is 0 Å². The molecule has 0 aromatic rings. The van der Waals surface area contributed by atoms with E-state index in [1.54, 1.807) is 0 Å². The van der Waals surface area contributed by atoms with E-state index in [1.165, 1.54) is 0 Å². The smallest absolute Gasteiger partial charge is 0.0791 e. The second-order valence-corrected chi connectivity index (χ2v) is 5.75. The molecule has 0 bridgehead atoms. The maximum Gasteiger partial charge on any atom is 0.0791 e. The maximum absolute atomic E-state index is 9.89. The molecule has 0 aromatic carbocycles. The molecule has 2 N–H and O–H groups in total.